The van der Waals surface area contributed by atoms with Gasteiger partial charge in [-0.3, -0.25) is 25.0 Å². The summed E-state index contributed by atoms with van der Waals surface area (Å²) in [5.41, 5.74) is -0.518. The molecule has 1 amide bonds. The van der Waals surface area contributed by atoms with Crippen LogP contribution in [0.5, 0.6) is 0 Å². The summed E-state index contributed by atoms with van der Waals surface area (Å²) in [6.45, 7) is 1.60. The van der Waals surface area contributed by atoms with E-state index >= 15 is 0 Å². The number of nitro groups is 2. The van der Waals surface area contributed by atoms with Crippen molar-refractivity contribution in [2.24, 2.45) is 0 Å². The Kier molecular flexibility index (Phi) is 4.52. The predicted molar refractivity (Wildman–Crippen MR) is 85.4 cm³/mol. The van der Waals surface area contributed by atoms with Gasteiger partial charge in [-0.1, -0.05) is 30.9 Å². The van der Waals surface area contributed by atoms with Crippen LogP contribution >= 0.6 is 24.0 Å². The minimum atomic E-state index is -0.673. The third-order valence-corrected chi connectivity index (χ3v) is 4.11. The zero-order chi connectivity index (χ0) is 16.4. The predicted octanol–water partition coefficient (Wildman–Crippen LogP) is 2.55. The molecule has 10 heteroatoms. The van der Waals surface area contributed by atoms with Gasteiger partial charge in [-0.2, -0.15) is 0 Å². The number of thioether (sulfide) groups is 1. The topological polar surface area (TPSA) is 115 Å². The van der Waals surface area contributed by atoms with Crippen LogP contribution in [-0.4, -0.2) is 20.1 Å². The lowest BCUT2D eigenvalue weighted by Gasteiger charge is -2.05. The summed E-state index contributed by atoms with van der Waals surface area (Å²) in [7, 11) is 0. The lowest BCUT2D eigenvalue weighted by molar-refractivity contribution is -0.395. The van der Waals surface area contributed by atoms with Gasteiger partial charge < -0.3 is 5.32 Å². The average Bonchev–Trinajstić information content (AvgIpc) is 2.75. The van der Waals surface area contributed by atoms with Gasteiger partial charge >= 0.3 is 0 Å². The summed E-state index contributed by atoms with van der Waals surface area (Å²) in [5, 5.41) is 24.7. The van der Waals surface area contributed by atoms with Crippen LogP contribution < -0.4 is 5.32 Å². The van der Waals surface area contributed by atoms with Crippen molar-refractivity contribution in [2.75, 3.05) is 0 Å². The van der Waals surface area contributed by atoms with E-state index in [1.807, 2.05) is 0 Å². The van der Waals surface area contributed by atoms with Crippen LogP contribution in [0.25, 0.3) is 6.08 Å². The van der Waals surface area contributed by atoms with E-state index in [-0.39, 0.29) is 38.1 Å². The first-order valence-electron chi connectivity index (χ1n) is 6.04. The molecule has 0 aliphatic carbocycles. The van der Waals surface area contributed by atoms with Gasteiger partial charge in [0.2, 0.25) is 0 Å². The Morgan fingerprint density at radius 1 is 1.32 bits per heavy atom. The van der Waals surface area contributed by atoms with Crippen molar-refractivity contribution in [3.63, 3.8) is 0 Å². The van der Waals surface area contributed by atoms with Gasteiger partial charge in [0.15, 0.2) is 0 Å². The number of hydrogen-bond donors (Lipinski definition) is 1. The molecule has 22 heavy (non-hydrogen) atoms. The number of thiocarbonyl (C=S) groups is 1. The summed E-state index contributed by atoms with van der Waals surface area (Å²) in [5.74, 6) is -0.444. The van der Waals surface area contributed by atoms with E-state index in [0.717, 1.165) is 11.8 Å². The van der Waals surface area contributed by atoms with Gasteiger partial charge in [0.25, 0.3) is 17.3 Å². The highest BCUT2D eigenvalue weighted by molar-refractivity contribution is 8.26. The number of nitrogens with one attached hydrogen (secondary N) is 1. The van der Waals surface area contributed by atoms with E-state index in [1.54, 1.807) is 6.92 Å². The molecule has 1 aliphatic rings. The van der Waals surface area contributed by atoms with E-state index in [2.05, 4.69) is 5.32 Å². The van der Waals surface area contributed by atoms with Gasteiger partial charge in [0, 0.05) is 6.07 Å². The normalized spacial score (nSPS) is 16.0. The van der Waals surface area contributed by atoms with Crippen LogP contribution in [0.15, 0.2) is 17.0 Å². The zero-order valence-electron chi connectivity index (χ0n) is 11.2. The maximum Gasteiger partial charge on any atom is 0.286 e. The fourth-order valence-electron chi connectivity index (χ4n) is 2.06. The van der Waals surface area contributed by atoms with Gasteiger partial charge in [-0.15, -0.1) is 0 Å². The minimum absolute atomic E-state index is 0.0235. The van der Waals surface area contributed by atoms with Crippen molar-refractivity contribution in [1.82, 2.24) is 5.32 Å². The zero-order valence-corrected chi connectivity index (χ0v) is 12.8. The first-order valence-corrected chi connectivity index (χ1v) is 7.27. The lowest BCUT2D eigenvalue weighted by Crippen LogP contribution is -2.17. The van der Waals surface area contributed by atoms with Gasteiger partial charge in [-0.25, -0.2) is 0 Å². The average molecular weight is 339 g/mol. The quantitative estimate of drug-likeness (QED) is 0.388. The second-order valence-corrected chi connectivity index (χ2v) is 5.94. The third-order valence-electron chi connectivity index (χ3n) is 2.95. The molecule has 1 N–H and O–H groups in total. The highest BCUT2D eigenvalue weighted by atomic mass is 32.2. The Balaban J connectivity index is 2.65. The van der Waals surface area contributed by atoms with Gasteiger partial charge in [-0.05, 0) is 18.6 Å². The van der Waals surface area contributed by atoms with Crippen molar-refractivity contribution in [1.29, 1.82) is 0 Å². The number of amides is 1. The van der Waals surface area contributed by atoms with E-state index in [9.17, 15) is 25.0 Å². The van der Waals surface area contributed by atoms with Crippen LogP contribution in [0.1, 0.15) is 18.1 Å². The van der Waals surface area contributed by atoms with Crippen molar-refractivity contribution in [2.45, 2.75) is 13.3 Å². The first-order chi connectivity index (χ1) is 10.3. The van der Waals surface area contributed by atoms with Crippen molar-refractivity contribution < 1.29 is 14.6 Å². The molecule has 0 unspecified atom stereocenters. The summed E-state index contributed by atoms with van der Waals surface area (Å²) in [6, 6.07) is 2.46. The third kappa shape index (κ3) is 2.97. The molecule has 114 valence electrons. The molecule has 0 radical (unpaired) electrons. The van der Waals surface area contributed by atoms with E-state index < -0.39 is 15.8 Å². The van der Waals surface area contributed by atoms with Gasteiger partial charge in [0.05, 0.1) is 20.3 Å². The Morgan fingerprint density at radius 2 is 2.00 bits per heavy atom. The molecule has 0 bridgehead atoms. The van der Waals surface area contributed by atoms with E-state index in [4.69, 9.17) is 12.2 Å². The molecule has 1 saturated heterocycles. The SMILES string of the molecule is CCc1c([N+](=O)[O-])ccc(C=C2SC(=S)NC2=O)c1[N+](=O)[O-]. The van der Waals surface area contributed by atoms with Crippen molar-refractivity contribution >= 4 is 51.7 Å². The van der Waals surface area contributed by atoms with Crippen LogP contribution in [0.4, 0.5) is 11.4 Å². The number of carbonyl (C=O) groups is 1. The van der Waals surface area contributed by atoms with Gasteiger partial charge in [0.1, 0.15) is 9.88 Å². The molecule has 1 heterocycles. The fourth-order valence-corrected chi connectivity index (χ4v) is 3.09. The molecule has 0 spiro atoms. The molecule has 0 aromatic heterocycles. The molecular formula is C12H9N3O5S2. The molecule has 1 aromatic rings. The number of benzene rings is 1. The minimum Gasteiger partial charge on any atom is -0.307 e. The lowest BCUT2D eigenvalue weighted by atomic mass is 10.0. The smallest absolute Gasteiger partial charge is 0.286 e. The van der Waals surface area contributed by atoms with Crippen LogP contribution in [0.2, 0.25) is 0 Å². The number of carbonyl (C=O) groups excluding carboxylic acids is 1. The Hall–Kier alpha value is -2.33. The molecule has 1 aromatic carbocycles. The summed E-state index contributed by atoms with van der Waals surface area (Å²) >= 11 is 5.83. The summed E-state index contributed by atoms with van der Waals surface area (Å²) < 4.78 is 0.261. The molecule has 0 atom stereocenters. The highest BCUT2D eigenvalue weighted by Crippen LogP contribution is 2.35. The molecule has 1 aliphatic heterocycles. The molecule has 1 fully saturated rings. The van der Waals surface area contributed by atoms with Crippen LogP contribution in [-0.2, 0) is 11.2 Å². The summed E-state index contributed by atoms with van der Waals surface area (Å²) in [6.07, 6.45) is 1.45. The number of rotatable bonds is 4. The number of hydrogen-bond acceptors (Lipinski definition) is 7. The second kappa shape index (κ2) is 6.20. The van der Waals surface area contributed by atoms with Crippen molar-refractivity contribution in [3.8, 4) is 0 Å². The first kappa shape index (κ1) is 16.0. The maximum absolute atomic E-state index is 11.6. The van der Waals surface area contributed by atoms with Crippen LogP contribution in [0.3, 0.4) is 0 Å². The van der Waals surface area contributed by atoms with E-state index in [0.29, 0.717) is 0 Å². The van der Waals surface area contributed by atoms with E-state index in [1.165, 1.54) is 18.2 Å². The fraction of sp³-hybridized carbons (Fsp3) is 0.167. The monoisotopic (exact) mass is 339 g/mol. The van der Waals surface area contributed by atoms with Crippen LogP contribution in [0, 0.1) is 20.2 Å². The van der Waals surface area contributed by atoms with Crippen molar-refractivity contribution in [3.05, 3.63) is 48.4 Å². The number of nitro benzene ring substituents is 2. The molecule has 8 nitrogen and oxygen atoms in total. The Bertz CT molecular complexity index is 745. The molecule has 0 saturated carbocycles. The molecule has 2 rings (SSSR count). The summed E-state index contributed by atoms with van der Waals surface area (Å²) in [4.78, 5) is 32.8. The Labute approximate surface area is 133 Å². The second-order valence-electron chi connectivity index (χ2n) is 4.22. The molecular weight excluding hydrogens is 330 g/mol. The highest BCUT2D eigenvalue weighted by Gasteiger charge is 2.29. The maximum atomic E-state index is 11.6. The Morgan fingerprint density at radius 3 is 2.45 bits per heavy atom. The number of nitrogens with zero attached hydrogens (tertiary/aromatic N) is 2. The largest absolute Gasteiger partial charge is 0.307 e. The standard InChI is InChI=1S/C12H9N3O5S2/c1-2-7-8(14(17)18)4-3-6(10(7)15(19)20)5-9-11(16)13-12(21)22-9/h3-5H,2H2,1H3,(H,13,16,21).